The number of benzene rings is 1. The van der Waals surface area contributed by atoms with E-state index in [-0.39, 0.29) is 12.5 Å². The minimum absolute atomic E-state index is 0.0598. The van der Waals surface area contributed by atoms with Crippen LogP contribution in [0.4, 0.5) is 0 Å². The van der Waals surface area contributed by atoms with Crippen LogP contribution in [0.5, 0.6) is 0 Å². The van der Waals surface area contributed by atoms with Crippen LogP contribution in [-0.2, 0) is 11.2 Å². The second-order valence-corrected chi connectivity index (χ2v) is 5.39. The molecule has 1 amide bonds. The fraction of sp³-hybridized carbons (Fsp3) is 0.562. The summed E-state index contributed by atoms with van der Waals surface area (Å²) in [6, 6.07) is 9.26. The molecule has 20 heavy (non-hydrogen) atoms. The molecule has 1 saturated heterocycles. The Kier molecular flexibility index (Phi) is 5.15. The van der Waals surface area contributed by atoms with E-state index >= 15 is 0 Å². The van der Waals surface area contributed by atoms with Crippen LogP contribution in [0.15, 0.2) is 24.3 Å². The molecule has 1 fully saturated rings. The number of carbonyl (C=O) groups is 1. The predicted molar refractivity (Wildman–Crippen MR) is 81.4 cm³/mol. The van der Waals surface area contributed by atoms with Crippen molar-refractivity contribution in [2.75, 3.05) is 32.7 Å². The van der Waals surface area contributed by atoms with Gasteiger partial charge in [0.05, 0.1) is 6.54 Å². The summed E-state index contributed by atoms with van der Waals surface area (Å²) >= 11 is 0. The lowest BCUT2D eigenvalue weighted by Gasteiger charge is -2.38. The Bertz CT molecular complexity index is 436. The number of rotatable bonds is 4. The highest BCUT2D eigenvalue weighted by Gasteiger charge is 2.23. The van der Waals surface area contributed by atoms with E-state index in [4.69, 9.17) is 5.73 Å². The molecule has 0 bridgehead atoms. The van der Waals surface area contributed by atoms with Crippen molar-refractivity contribution >= 4 is 5.91 Å². The minimum atomic E-state index is 0.0598. The zero-order valence-electron chi connectivity index (χ0n) is 12.5. The van der Waals surface area contributed by atoms with Gasteiger partial charge in [-0.1, -0.05) is 31.2 Å². The first-order valence-corrected chi connectivity index (χ1v) is 7.46. The van der Waals surface area contributed by atoms with Crippen molar-refractivity contribution in [3.63, 3.8) is 0 Å². The standard InChI is InChI=1S/C16H25N3O/c1-3-14-4-6-15(7-5-14)13(2)18-8-10-19(11-9-18)16(20)12-17/h4-7,13H,3,8-12,17H2,1-2H3. The molecule has 0 spiro atoms. The summed E-state index contributed by atoms with van der Waals surface area (Å²) in [6.45, 7) is 7.94. The summed E-state index contributed by atoms with van der Waals surface area (Å²) in [6.07, 6.45) is 1.08. The van der Waals surface area contributed by atoms with Gasteiger partial charge in [0.1, 0.15) is 0 Å². The maximum absolute atomic E-state index is 11.6. The van der Waals surface area contributed by atoms with Gasteiger partial charge in [0.15, 0.2) is 0 Å². The maximum atomic E-state index is 11.6. The SMILES string of the molecule is CCc1ccc(C(C)N2CCN(C(=O)CN)CC2)cc1. The number of aryl methyl sites for hydroxylation is 1. The lowest BCUT2D eigenvalue weighted by atomic mass is 10.0. The highest BCUT2D eigenvalue weighted by Crippen LogP contribution is 2.22. The first-order valence-electron chi connectivity index (χ1n) is 7.46. The van der Waals surface area contributed by atoms with Crippen LogP contribution >= 0.6 is 0 Å². The number of hydrogen-bond donors (Lipinski definition) is 1. The number of nitrogens with two attached hydrogens (primary N) is 1. The third-order valence-corrected chi connectivity index (χ3v) is 4.26. The molecule has 1 aromatic rings. The van der Waals surface area contributed by atoms with Gasteiger partial charge in [-0.15, -0.1) is 0 Å². The van der Waals surface area contributed by atoms with Gasteiger partial charge in [0, 0.05) is 32.2 Å². The van der Waals surface area contributed by atoms with E-state index < -0.39 is 0 Å². The summed E-state index contributed by atoms with van der Waals surface area (Å²) in [5.41, 5.74) is 8.13. The Morgan fingerprint density at radius 3 is 2.30 bits per heavy atom. The van der Waals surface area contributed by atoms with Crippen LogP contribution in [0.2, 0.25) is 0 Å². The molecule has 1 heterocycles. The Morgan fingerprint density at radius 2 is 1.80 bits per heavy atom. The Morgan fingerprint density at radius 1 is 1.20 bits per heavy atom. The molecule has 1 aliphatic rings. The highest BCUT2D eigenvalue weighted by atomic mass is 16.2. The maximum Gasteiger partial charge on any atom is 0.236 e. The molecule has 0 saturated carbocycles. The summed E-state index contributed by atoms with van der Waals surface area (Å²) in [4.78, 5) is 15.9. The molecule has 2 N–H and O–H groups in total. The van der Waals surface area contributed by atoms with E-state index in [1.165, 1.54) is 11.1 Å². The molecule has 1 atom stereocenters. The van der Waals surface area contributed by atoms with E-state index in [9.17, 15) is 4.79 Å². The molecule has 0 radical (unpaired) electrons. The van der Waals surface area contributed by atoms with Gasteiger partial charge in [-0.25, -0.2) is 0 Å². The fourth-order valence-electron chi connectivity index (χ4n) is 2.73. The predicted octanol–water partition coefficient (Wildman–Crippen LogP) is 1.41. The quantitative estimate of drug-likeness (QED) is 0.904. The van der Waals surface area contributed by atoms with Crippen molar-refractivity contribution in [2.24, 2.45) is 5.73 Å². The zero-order valence-corrected chi connectivity index (χ0v) is 12.5. The number of hydrogen-bond acceptors (Lipinski definition) is 3. The molecule has 1 unspecified atom stereocenters. The zero-order chi connectivity index (χ0) is 14.5. The van der Waals surface area contributed by atoms with E-state index in [0.717, 1.165) is 32.6 Å². The average molecular weight is 275 g/mol. The molecular formula is C16H25N3O. The van der Waals surface area contributed by atoms with Gasteiger partial charge in [0.2, 0.25) is 5.91 Å². The Labute approximate surface area is 121 Å². The Balaban J connectivity index is 1.93. The van der Waals surface area contributed by atoms with E-state index in [1.807, 2.05) is 4.90 Å². The van der Waals surface area contributed by atoms with Crippen molar-refractivity contribution in [2.45, 2.75) is 26.3 Å². The van der Waals surface area contributed by atoms with E-state index in [2.05, 4.69) is 43.0 Å². The van der Waals surface area contributed by atoms with Crippen LogP contribution in [-0.4, -0.2) is 48.4 Å². The first kappa shape index (κ1) is 15.0. The number of piperazine rings is 1. The topological polar surface area (TPSA) is 49.6 Å². The van der Waals surface area contributed by atoms with Gasteiger partial charge < -0.3 is 10.6 Å². The van der Waals surface area contributed by atoms with Gasteiger partial charge in [-0.2, -0.15) is 0 Å². The average Bonchev–Trinajstić information content (AvgIpc) is 2.53. The summed E-state index contributed by atoms with van der Waals surface area (Å²) in [7, 11) is 0. The summed E-state index contributed by atoms with van der Waals surface area (Å²) in [5.74, 6) is 0.0598. The van der Waals surface area contributed by atoms with Crippen molar-refractivity contribution in [3.8, 4) is 0 Å². The number of nitrogens with zero attached hydrogens (tertiary/aromatic N) is 2. The molecular weight excluding hydrogens is 250 g/mol. The molecule has 2 rings (SSSR count). The van der Waals surface area contributed by atoms with Crippen molar-refractivity contribution in [1.82, 2.24) is 9.80 Å². The van der Waals surface area contributed by atoms with Crippen LogP contribution in [0, 0.1) is 0 Å². The van der Waals surface area contributed by atoms with Crippen LogP contribution in [0.1, 0.15) is 31.0 Å². The molecule has 110 valence electrons. The number of carbonyl (C=O) groups excluding carboxylic acids is 1. The fourth-order valence-corrected chi connectivity index (χ4v) is 2.73. The lowest BCUT2D eigenvalue weighted by Crippen LogP contribution is -2.50. The summed E-state index contributed by atoms with van der Waals surface area (Å²) in [5, 5.41) is 0. The Hall–Kier alpha value is -1.39. The normalized spacial score (nSPS) is 18.1. The second-order valence-electron chi connectivity index (χ2n) is 5.39. The third kappa shape index (κ3) is 3.38. The molecule has 4 nitrogen and oxygen atoms in total. The van der Waals surface area contributed by atoms with Crippen molar-refractivity contribution in [3.05, 3.63) is 35.4 Å². The monoisotopic (exact) mass is 275 g/mol. The van der Waals surface area contributed by atoms with Gasteiger partial charge in [-0.3, -0.25) is 9.69 Å². The van der Waals surface area contributed by atoms with Gasteiger partial charge in [0.25, 0.3) is 0 Å². The molecule has 0 aromatic heterocycles. The lowest BCUT2D eigenvalue weighted by molar-refractivity contribution is -0.131. The molecule has 1 aliphatic heterocycles. The van der Waals surface area contributed by atoms with E-state index in [0.29, 0.717) is 6.04 Å². The van der Waals surface area contributed by atoms with E-state index in [1.54, 1.807) is 0 Å². The largest absolute Gasteiger partial charge is 0.339 e. The van der Waals surface area contributed by atoms with Crippen molar-refractivity contribution in [1.29, 1.82) is 0 Å². The second kappa shape index (κ2) is 6.86. The van der Waals surface area contributed by atoms with Gasteiger partial charge >= 0.3 is 0 Å². The summed E-state index contributed by atoms with van der Waals surface area (Å²) < 4.78 is 0. The number of amides is 1. The van der Waals surface area contributed by atoms with Crippen LogP contribution in [0.3, 0.4) is 0 Å². The van der Waals surface area contributed by atoms with Crippen molar-refractivity contribution < 1.29 is 4.79 Å². The van der Waals surface area contributed by atoms with Crippen LogP contribution < -0.4 is 5.73 Å². The third-order valence-electron chi connectivity index (χ3n) is 4.26. The molecule has 4 heteroatoms. The minimum Gasteiger partial charge on any atom is -0.339 e. The smallest absolute Gasteiger partial charge is 0.236 e. The highest BCUT2D eigenvalue weighted by molar-refractivity contribution is 5.78. The molecule has 1 aromatic carbocycles. The first-order chi connectivity index (χ1) is 9.65. The van der Waals surface area contributed by atoms with Gasteiger partial charge in [-0.05, 0) is 24.5 Å². The van der Waals surface area contributed by atoms with Crippen LogP contribution in [0.25, 0.3) is 0 Å². The molecule has 0 aliphatic carbocycles.